The molecule has 6 heteroatoms. The van der Waals surface area contributed by atoms with Crippen LogP contribution in [0.2, 0.25) is 5.02 Å². The minimum absolute atomic E-state index is 0.0844. The highest BCUT2D eigenvalue weighted by molar-refractivity contribution is 6.30. The molecule has 0 saturated carbocycles. The third-order valence-electron chi connectivity index (χ3n) is 3.14. The molecule has 2 rings (SSSR count). The number of nitrogens with two attached hydrogens (primary N) is 1. The second-order valence-electron chi connectivity index (χ2n) is 4.93. The zero-order valence-corrected chi connectivity index (χ0v) is 12.7. The van der Waals surface area contributed by atoms with E-state index in [4.69, 9.17) is 17.3 Å². The van der Waals surface area contributed by atoms with Gasteiger partial charge in [0.1, 0.15) is 6.54 Å². The molecule has 0 aliphatic heterocycles. The lowest BCUT2D eigenvalue weighted by atomic mass is 10.0. The molecule has 1 heterocycles. The minimum Gasteiger partial charge on any atom is -0.376 e. The van der Waals surface area contributed by atoms with Crippen LogP contribution < -0.4 is 11.1 Å². The lowest BCUT2D eigenvalue weighted by Gasteiger charge is -2.18. The van der Waals surface area contributed by atoms with Gasteiger partial charge >= 0.3 is 0 Å². The molecule has 0 bridgehead atoms. The smallest absolute Gasteiger partial charge is 0.239 e. The summed E-state index contributed by atoms with van der Waals surface area (Å²) in [5, 5.41) is 8.27. The molecular weight excluding hydrogens is 288 g/mol. The Bertz CT molecular complexity index is 594. The molecule has 1 aromatic heterocycles. The van der Waals surface area contributed by atoms with Crippen molar-refractivity contribution in [3.05, 3.63) is 47.2 Å². The van der Waals surface area contributed by atoms with Crippen LogP contribution in [0.25, 0.3) is 0 Å². The number of carbonyl (C=O) groups excluding carboxylic acids is 1. The summed E-state index contributed by atoms with van der Waals surface area (Å²) < 4.78 is 1.52. The van der Waals surface area contributed by atoms with Crippen molar-refractivity contribution in [2.75, 3.05) is 5.32 Å². The molecule has 1 unspecified atom stereocenters. The molecule has 0 spiro atoms. The van der Waals surface area contributed by atoms with Crippen LogP contribution in [0.5, 0.6) is 0 Å². The first-order valence-electron chi connectivity index (χ1n) is 6.91. The summed E-state index contributed by atoms with van der Waals surface area (Å²) in [6.07, 6.45) is 5.52. The average Bonchev–Trinajstić information content (AvgIpc) is 2.85. The van der Waals surface area contributed by atoms with Gasteiger partial charge in [-0.2, -0.15) is 5.10 Å². The number of hydrogen-bond donors (Lipinski definition) is 2. The first-order chi connectivity index (χ1) is 10.1. The number of aromatic nitrogens is 2. The largest absolute Gasteiger partial charge is 0.376 e. The van der Waals surface area contributed by atoms with Crippen molar-refractivity contribution in [3.63, 3.8) is 0 Å². The van der Waals surface area contributed by atoms with E-state index >= 15 is 0 Å². The predicted octanol–water partition coefficient (Wildman–Crippen LogP) is 2.98. The number of nitrogens with zero attached hydrogens (tertiary/aromatic N) is 2. The maximum atomic E-state index is 10.9. The van der Waals surface area contributed by atoms with Gasteiger partial charge in [-0.3, -0.25) is 9.48 Å². The molecule has 1 atom stereocenters. The molecule has 3 N–H and O–H groups in total. The number of anilines is 1. The third-order valence-corrected chi connectivity index (χ3v) is 3.39. The summed E-state index contributed by atoms with van der Waals surface area (Å²) >= 11 is 5.93. The third kappa shape index (κ3) is 4.49. The Kier molecular flexibility index (Phi) is 5.22. The van der Waals surface area contributed by atoms with Crippen molar-refractivity contribution in [2.24, 2.45) is 5.73 Å². The quantitative estimate of drug-likeness (QED) is 0.826. The summed E-state index contributed by atoms with van der Waals surface area (Å²) in [5.74, 6) is -0.410. The Hall–Kier alpha value is -2.01. The Balaban J connectivity index is 2.10. The second kappa shape index (κ2) is 7.13. The predicted molar refractivity (Wildman–Crippen MR) is 84.1 cm³/mol. The van der Waals surface area contributed by atoms with Crippen LogP contribution in [0.1, 0.15) is 31.4 Å². The zero-order chi connectivity index (χ0) is 15.2. The molecule has 21 heavy (non-hydrogen) atoms. The highest BCUT2D eigenvalue weighted by Crippen LogP contribution is 2.25. The fourth-order valence-corrected chi connectivity index (χ4v) is 2.32. The van der Waals surface area contributed by atoms with Crippen molar-refractivity contribution < 1.29 is 4.79 Å². The Morgan fingerprint density at radius 1 is 1.43 bits per heavy atom. The highest BCUT2D eigenvalue weighted by atomic mass is 35.5. The van der Waals surface area contributed by atoms with Crippen molar-refractivity contribution in [2.45, 2.75) is 32.4 Å². The highest BCUT2D eigenvalue weighted by Gasteiger charge is 2.11. The van der Waals surface area contributed by atoms with Gasteiger partial charge in [0, 0.05) is 11.2 Å². The Labute approximate surface area is 129 Å². The van der Waals surface area contributed by atoms with Gasteiger partial charge in [0.15, 0.2) is 0 Å². The van der Waals surface area contributed by atoms with Gasteiger partial charge in [-0.1, -0.05) is 37.1 Å². The molecule has 5 nitrogen and oxygen atoms in total. The summed E-state index contributed by atoms with van der Waals surface area (Å²) in [4.78, 5) is 10.9. The van der Waals surface area contributed by atoms with E-state index in [0.717, 1.165) is 23.6 Å². The van der Waals surface area contributed by atoms with Crippen molar-refractivity contribution in [3.8, 4) is 0 Å². The molecule has 112 valence electrons. The molecule has 0 aliphatic carbocycles. The number of carbonyl (C=O) groups is 1. The Morgan fingerprint density at radius 2 is 2.14 bits per heavy atom. The lowest BCUT2D eigenvalue weighted by molar-refractivity contribution is -0.118. The van der Waals surface area contributed by atoms with Crippen molar-refractivity contribution in [1.82, 2.24) is 9.78 Å². The average molecular weight is 307 g/mol. The summed E-state index contributed by atoms with van der Waals surface area (Å²) in [6, 6.07) is 7.99. The first kappa shape index (κ1) is 15.4. The van der Waals surface area contributed by atoms with E-state index in [9.17, 15) is 4.79 Å². The molecule has 0 fully saturated rings. The monoisotopic (exact) mass is 306 g/mol. The van der Waals surface area contributed by atoms with Gasteiger partial charge in [0.05, 0.1) is 17.9 Å². The SMILES string of the molecule is CCCC(Nc1cnn(CC(N)=O)c1)c1ccc(Cl)cc1. The molecule has 1 aromatic carbocycles. The first-order valence-corrected chi connectivity index (χ1v) is 7.29. The summed E-state index contributed by atoms with van der Waals surface area (Å²) in [6.45, 7) is 2.22. The van der Waals surface area contributed by atoms with Crippen LogP contribution in [0.15, 0.2) is 36.7 Å². The van der Waals surface area contributed by atoms with E-state index in [1.807, 2.05) is 24.3 Å². The number of nitrogens with one attached hydrogen (secondary N) is 1. The minimum atomic E-state index is -0.410. The van der Waals surface area contributed by atoms with E-state index in [0.29, 0.717) is 0 Å². The number of amides is 1. The van der Waals surface area contributed by atoms with Gasteiger partial charge in [0.25, 0.3) is 0 Å². The van der Waals surface area contributed by atoms with Crippen LogP contribution in [0, 0.1) is 0 Å². The number of benzene rings is 1. The molecule has 0 saturated heterocycles. The zero-order valence-electron chi connectivity index (χ0n) is 11.9. The summed E-state index contributed by atoms with van der Waals surface area (Å²) in [7, 11) is 0. The van der Waals surface area contributed by atoms with Crippen LogP contribution >= 0.6 is 11.6 Å². The lowest BCUT2D eigenvalue weighted by Crippen LogP contribution is -2.18. The van der Waals surface area contributed by atoms with Crippen molar-refractivity contribution in [1.29, 1.82) is 0 Å². The number of halogens is 1. The van der Waals surface area contributed by atoms with E-state index in [2.05, 4.69) is 17.3 Å². The van der Waals surface area contributed by atoms with Gasteiger partial charge < -0.3 is 11.1 Å². The van der Waals surface area contributed by atoms with Crippen LogP contribution in [0.4, 0.5) is 5.69 Å². The van der Waals surface area contributed by atoms with Gasteiger partial charge in [-0.25, -0.2) is 0 Å². The topological polar surface area (TPSA) is 72.9 Å². The Morgan fingerprint density at radius 3 is 2.76 bits per heavy atom. The maximum absolute atomic E-state index is 10.9. The normalized spacial score (nSPS) is 12.1. The number of rotatable bonds is 7. The number of hydrogen-bond acceptors (Lipinski definition) is 3. The fraction of sp³-hybridized carbons (Fsp3) is 0.333. The molecule has 1 amide bonds. The van der Waals surface area contributed by atoms with Gasteiger partial charge in [-0.15, -0.1) is 0 Å². The van der Waals surface area contributed by atoms with E-state index in [-0.39, 0.29) is 12.6 Å². The van der Waals surface area contributed by atoms with Gasteiger partial charge in [0.2, 0.25) is 5.91 Å². The summed E-state index contributed by atoms with van der Waals surface area (Å²) in [5.41, 5.74) is 7.19. The second-order valence-corrected chi connectivity index (χ2v) is 5.37. The fourth-order valence-electron chi connectivity index (χ4n) is 2.19. The molecule has 0 aliphatic rings. The van der Waals surface area contributed by atoms with Crippen molar-refractivity contribution >= 4 is 23.2 Å². The molecule has 2 aromatic rings. The van der Waals surface area contributed by atoms with Gasteiger partial charge in [-0.05, 0) is 24.1 Å². The maximum Gasteiger partial charge on any atom is 0.239 e. The standard InChI is InChI=1S/C15H19ClN4O/c1-2-3-14(11-4-6-12(16)7-5-11)19-13-8-18-20(9-13)10-15(17)21/h4-9,14,19H,2-3,10H2,1H3,(H2,17,21). The van der Waals surface area contributed by atoms with Crippen LogP contribution in [0.3, 0.4) is 0 Å². The van der Waals surface area contributed by atoms with Crippen LogP contribution in [-0.4, -0.2) is 15.7 Å². The number of primary amides is 1. The molecule has 0 radical (unpaired) electrons. The van der Waals surface area contributed by atoms with Crippen LogP contribution in [-0.2, 0) is 11.3 Å². The van der Waals surface area contributed by atoms with E-state index in [1.54, 1.807) is 12.4 Å². The molecular formula is C15H19ClN4O. The van der Waals surface area contributed by atoms with E-state index in [1.165, 1.54) is 10.2 Å². The van der Waals surface area contributed by atoms with E-state index < -0.39 is 5.91 Å².